The van der Waals surface area contributed by atoms with E-state index in [4.69, 9.17) is 0 Å². The Morgan fingerprint density at radius 3 is 2.48 bits per heavy atom. The first kappa shape index (κ1) is 20.7. The number of aromatic nitrogens is 2. The Kier molecular flexibility index (Phi) is 6.40. The van der Waals surface area contributed by atoms with Crippen LogP contribution < -0.4 is 20.3 Å². The maximum absolute atomic E-state index is 12.2. The van der Waals surface area contributed by atoms with Crippen LogP contribution in [0, 0.1) is 6.92 Å². The molecule has 0 spiro atoms. The van der Waals surface area contributed by atoms with Crippen molar-refractivity contribution in [3.05, 3.63) is 41.7 Å². The summed E-state index contributed by atoms with van der Waals surface area (Å²) in [6, 6.07) is 6.21. The topological polar surface area (TPSA) is 79.4 Å². The van der Waals surface area contributed by atoms with Gasteiger partial charge in [-0.25, -0.2) is 14.8 Å². The first-order chi connectivity index (χ1) is 13.8. The minimum Gasteiger partial charge on any atom is -0.406 e. The number of anilines is 2. The average molecular weight is 409 g/mol. The van der Waals surface area contributed by atoms with Gasteiger partial charge in [-0.1, -0.05) is 0 Å². The number of piperidine rings is 1. The molecule has 0 atom stereocenters. The van der Waals surface area contributed by atoms with Crippen LogP contribution in [0.4, 0.5) is 29.6 Å². The number of amides is 2. The molecule has 0 bridgehead atoms. The lowest BCUT2D eigenvalue weighted by Gasteiger charge is -2.27. The minimum atomic E-state index is -4.75. The molecule has 0 aliphatic carbocycles. The fraction of sp³-hybridized carbons (Fsp3) is 0.421. The zero-order valence-corrected chi connectivity index (χ0v) is 15.9. The molecule has 3 rings (SSSR count). The maximum atomic E-state index is 12.2. The fourth-order valence-electron chi connectivity index (χ4n) is 3.03. The first-order valence-corrected chi connectivity index (χ1v) is 9.29. The molecule has 1 aliphatic rings. The van der Waals surface area contributed by atoms with Gasteiger partial charge >= 0.3 is 12.4 Å². The number of carbonyl (C=O) groups excluding carboxylic acids is 1. The summed E-state index contributed by atoms with van der Waals surface area (Å²) in [5, 5.41) is 5.24. The van der Waals surface area contributed by atoms with Gasteiger partial charge in [-0.15, -0.1) is 13.2 Å². The zero-order chi connectivity index (χ0) is 20.9. The number of nitrogens with zero attached hydrogens (tertiary/aromatic N) is 3. The lowest BCUT2D eigenvalue weighted by molar-refractivity contribution is -0.274. The smallest absolute Gasteiger partial charge is 0.406 e. The highest BCUT2D eigenvalue weighted by Gasteiger charge is 2.30. The largest absolute Gasteiger partial charge is 0.573 e. The first-order valence-electron chi connectivity index (χ1n) is 9.29. The number of carbonyl (C=O) groups is 1. The Labute approximate surface area is 166 Å². The van der Waals surface area contributed by atoms with Crippen LogP contribution in [-0.2, 0) is 6.54 Å². The molecule has 0 radical (unpaired) electrons. The van der Waals surface area contributed by atoms with Gasteiger partial charge in [-0.05, 0) is 56.5 Å². The number of halogens is 3. The van der Waals surface area contributed by atoms with Crippen LogP contribution in [-0.4, -0.2) is 35.5 Å². The number of rotatable bonds is 5. The van der Waals surface area contributed by atoms with Gasteiger partial charge in [0.1, 0.15) is 5.75 Å². The predicted octanol–water partition coefficient (Wildman–Crippen LogP) is 4.00. The van der Waals surface area contributed by atoms with E-state index in [1.165, 1.54) is 18.6 Å². The molecular weight excluding hydrogens is 387 g/mol. The van der Waals surface area contributed by atoms with Crippen LogP contribution in [0.3, 0.4) is 0 Å². The zero-order valence-electron chi connectivity index (χ0n) is 15.9. The van der Waals surface area contributed by atoms with E-state index >= 15 is 0 Å². The molecule has 2 amide bonds. The van der Waals surface area contributed by atoms with Crippen molar-refractivity contribution in [2.45, 2.75) is 39.1 Å². The Balaban J connectivity index is 1.54. The molecule has 10 heteroatoms. The highest BCUT2D eigenvalue weighted by Crippen LogP contribution is 2.24. The summed E-state index contributed by atoms with van der Waals surface area (Å²) in [7, 11) is 0. The van der Waals surface area contributed by atoms with E-state index in [9.17, 15) is 18.0 Å². The van der Waals surface area contributed by atoms with Gasteiger partial charge in [0.05, 0.1) is 12.2 Å². The number of hydrogen-bond donors (Lipinski definition) is 2. The Morgan fingerprint density at radius 1 is 1.14 bits per heavy atom. The summed E-state index contributed by atoms with van der Waals surface area (Å²) in [6.45, 7) is 3.92. The number of nitrogens with one attached hydrogen (secondary N) is 2. The quantitative estimate of drug-likeness (QED) is 0.781. The van der Waals surface area contributed by atoms with Gasteiger partial charge < -0.3 is 20.3 Å². The van der Waals surface area contributed by atoms with Crippen LogP contribution in [0.1, 0.15) is 30.7 Å². The molecule has 1 aromatic carbocycles. The lowest BCUT2D eigenvalue weighted by Crippen LogP contribution is -2.32. The van der Waals surface area contributed by atoms with Gasteiger partial charge in [-0.3, -0.25) is 0 Å². The molecule has 2 heterocycles. The SMILES string of the molecule is Cc1cc(CNC(=O)Nc2ccc(OC(F)(F)F)cc2)nc(N2CCCCC2)n1. The monoisotopic (exact) mass is 409 g/mol. The maximum Gasteiger partial charge on any atom is 0.573 e. The molecule has 1 saturated heterocycles. The van der Waals surface area contributed by atoms with E-state index in [1.54, 1.807) is 6.07 Å². The highest BCUT2D eigenvalue weighted by molar-refractivity contribution is 5.89. The molecule has 2 N–H and O–H groups in total. The number of urea groups is 1. The van der Waals surface area contributed by atoms with E-state index in [1.807, 2.05) is 6.92 Å². The van der Waals surface area contributed by atoms with Crippen LogP contribution in [0.2, 0.25) is 0 Å². The summed E-state index contributed by atoms with van der Waals surface area (Å²) in [6.07, 6.45) is -1.32. The summed E-state index contributed by atoms with van der Waals surface area (Å²) in [5.41, 5.74) is 1.84. The van der Waals surface area contributed by atoms with Crippen molar-refractivity contribution in [3.63, 3.8) is 0 Å². The summed E-state index contributed by atoms with van der Waals surface area (Å²) in [5.74, 6) is 0.312. The molecule has 1 aliphatic heterocycles. The molecular formula is C19H22F3N5O2. The van der Waals surface area contributed by atoms with Crippen LogP contribution >= 0.6 is 0 Å². The van der Waals surface area contributed by atoms with Crippen molar-refractivity contribution in [2.75, 3.05) is 23.3 Å². The second-order valence-corrected chi connectivity index (χ2v) is 6.73. The van der Waals surface area contributed by atoms with Gasteiger partial charge in [-0.2, -0.15) is 0 Å². The number of hydrogen-bond acceptors (Lipinski definition) is 5. The molecule has 0 unspecified atom stereocenters. The molecule has 1 fully saturated rings. The van der Waals surface area contributed by atoms with Crippen molar-refractivity contribution < 1.29 is 22.7 Å². The molecule has 7 nitrogen and oxygen atoms in total. The summed E-state index contributed by atoms with van der Waals surface area (Å²) >= 11 is 0. The molecule has 29 heavy (non-hydrogen) atoms. The van der Waals surface area contributed by atoms with Crippen LogP contribution in [0.25, 0.3) is 0 Å². The van der Waals surface area contributed by atoms with Crippen molar-refractivity contribution in [3.8, 4) is 5.75 Å². The minimum absolute atomic E-state index is 0.200. The third kappa shape index (κ3) is 6.51. The number of alkyl halides is 3. The number of benzene rings is 1. The third-order valence-corrected chi connectivity index (χ3v) is 4.31. The summed E-state index contributed by atoms with van der Waals surface area (Å²) in [4.78, 5) is 23.2. The van der Waals surface area contributed by atoms with Crippen molar-refractivity contribution in [1.29, 1.82) is 0 Å². The van der Waals surface area contributed by atoms with E-state index in [2.05, 4.69) is 30.2 Å². The Hall–Kier alpha value is -3.04. The normalized spacial score (nSPS) is 14.4. The Bertz CT molecular complexity index is 837. The highest BCUT2D eigenvalue weighted by atomic mass is 19.4. The van der Waals surface area contributed by atoms with Gasteiger partial charge in [0, 0.05) is 24.5 Å². The van der Waals surface area contributed by atoms with Gasteiger partial charge in [0.2, 0.25) is 5.95 Å². The van der Waals surface area contributed by atoms with E-state index in [0.717, 1.165) is 43.8 Å². The third-order valence-electron chi connectivity index (χ3n) is 4.31. The average Bonchev–Trinajstić information content (AvgIpc) is 2.67. The van der Waals surface area contributed by atoms with Crippen LogP contribution in [0.15, 0.2) is 30.3 Å². The molecule has 0 saturated carbocycles. The molecule has 1 aromatic heterocycles. The number of ether oxygens (including phenoxy) is 1. The van der Waals surface area contributed by atoms with Crippen molar-refractivity contribution >= 4 is 17.7 Å². The summed E-state index contributed by atoms with van der Waals surface area (Å²) < 4.78 is 40.3. The van der Waals surface area contributed by atoms with E-state index < -0.39 is 12.4 Å². The van der Waals surface area contributed by atoms with E-state index in [0.29, 0.717) is 17.3 Å². The van der Waals surface area contributed by atoms with Gasteiger partial charge in [0.25, 0.3) is 0 Å². The molecule has 156 valence electrons. The fourth-order valence-corrected chi connectivity index (χ4v) is 3.03. The van der Waals surface area contributed by atoms with Crippen molar-refractivity contribution in [1.82, 2.24) is 15.3 Å². The second-order valence-electron chi connectivity index (χ2n) is 6.73. The van der Waals surface area contributed by atoms with E-state index in [-0.39, 0.29) is 12.3 Å². The lowest BCUT2D eigenvalue weighted by atomic mass is 10.1. The van der Waals surface area contributed by atoms with Crippen LogP contribution in [0.5, 0.6) is 5.75 Å². The van der Waals surface area contributed by atoms with Gasteiger partial charge in [0.15, 0.2) is 0 Å². The Morgan fingerprint density at radius 2 is 1.83 bits per heavy atom. The predicted molar refractivity (Wildman–Crippen MR) is 102 cm³/mol. The number of aryl methyl sites for hydroxylation is 1. The second kappa shape index (κ2) is 8.97. The molecule has 2 aromatic rings. The standard InChI is InChI=1S/C19H22F3N5O2/c1-13-11-15(25-17(24-13)27-9-3-2-4-10-27)12-23-18(28)26-14-5-7-16(8-6-14)29-19(20,21)22/h5-8,11H,2-4,9-10,12H2,1H3,(H2,23,26,28). The van der Waals surface area contributed by atoms with Crippen molar-refractivity contribution in [2.24, 2.45) is 0 Å².